The highest BCUT2D eigenvalue weighted by Crippen LogP contribution is 2.25. The van der Waals surface area contributed by atoms with E-state index in [1.807, 2.05) is 25.1 Å². The van der Waals surface area contributed by atoms with Gasteiger partial charge in [-0.2, -0.15) is 4.31 Å². The Kier molecular flexibility index (Phi) is 6.85. The highest BCUT2D eigenvalue weighted by atomic mass is 35.5. The molecule has 174 valence electrons. The Morgan fingerprint density at radius 1 is 1.15 bits per heavy atom. The first kappa shape index (κ1) is 23.4. The first-order valence-corrected chi connectivity index (χ1v) is 12.3. The molecule has 0 saturated carbocycles. The summed E-state index contributed by atoms with van der Waals surface area (Å²) in [5.74, 6) is -1.25. The molecule has 1 saturated heterocycles. The number of Topliss-reactive ketones (excluding diaryl/α,β-unsaturated/α-hetero) is 1. The van der Waals surface area contributed by atoms with E-state index < -0.39 is 22.6 Å². The molecule has 0 unspecified atom stereocenters. The molecule has 0 bridgehead atoms. The molecular weight excluding hydrogens is 468 g/mol. The molecule has 1 aromatic heterocycles. The lowest BCUT2D eigenvalue weighted by Crippen LogP contribution is -2.40. The number of esters is 1. The maximum absolute atomic E-state index is 12.9. The van der Waals surface area contributed by atoms with Crippen LogP contribution in [0, 0.1) is 0 Å². The van der Waals surface area contributed by atoms with E-state index in [1.54, 1.807) is 6.20 Å². The molecule has 0 spiro atoms. The van der Waals surface area contributed by atoms with Crippen LogP contribution in [-0.4, -0.2) is 62.4 Å². The number of aromatic amines is 1. The molecule has 1 aliphatic heterocycles. The second-order valence-electron chi connectivity index (χ2n) is 7.55. The Bertz CT molecular complexity index is 1310. The smallest absolute Gasteiger partial charge is 0.340 e. The van der Waals surface area contributed by atoms with Crippen molar-refractivity contribution < 1.29 is 27.5 Å². The molecule has 2 aromatic carbocycles. The molecule has 0 atom stereocenters. The van der Waals surface area contributed by atoms with E-state index in [9.17, 15) is 18.0 Å². The van der Waals surface area contributed by atoms with Gasteiger partial charge in [0.2, 0.25) is 15.8 Å². The number of aromatic nitrogens is 1. The number of morpholine rings is 1. The van der Waals surface area contributed by atoms with Crippen molar-refractivity contribution in [3.05, 3.63) is 64.3 Å². The maximum atomic E-state index is 12.9. The summed E-state index contributed by atoms with van der Waals surface area (Å²) < 4.78 is 37.5. The van der Waals surface area contributed by atoms with Crippen LogP contribution in [0.1, 0.15) is 33.2 Å². The Hall–Kier alpha value is -2.72. The molecule has 0 radical (unpaired) electrons. The number of nitrogens with one attached hydrogen (secondary N) is 1. The van der Waals surface area contributed by atoms with Crippen LogP contribution in [0.2, 0.25) is 5.02 Å². The highest BCUT2D eigenvalue weighted by Gasteiger charge is 2.28. The third-order valence-electron chi connectivity index (χ3n) is 5.58. The summed E-state index contributed by atoms with van der Waals surface area (Å²) in [6.45, 7) is 2.58. The first-order chi connectivity index (χ1) is 15.8. The number of fused-ring (bicyclic) bond motifs is 1. The van der Waals surface area contributed by atoms with Crippen LogP contribution in [-0.2, 0) is 25.9 Å². The minimum absolute atomic E-state index is 0.0352. The molecule has 10 heteroatoms. The van der Waals surface area contributed by atoms with Gasteiger partial charge < -0.3 is 14.5 Å². The molecule has 8 nitrogen and oxygen atoms in total. The van der Waals surface area contributed by atoms with E-state index >= 15 is 0 Å². The Morgan fingerprint density at radius 2 is 1.91 bits per heavy atom. The van der Waals surface area contributed by atoms with Crippen molar-refractivity contribution in [3.8, 4) is 0 Å². The summed E-state index contributed by atoms with van der Waals surface area (Å²) in [5.41, 5.74) is 2.25. The molecule has 33 heavy (non-hydrogen) atoms. The minimum atomic E-state index is -3.82. The van der Waals surface area contributed by atoms with Crippen molar-refractivity contribution >= 4 is 44.3 Å². The Labute approximate surface area is 196 Å². The first-order valence-electron chi connectivity index (χ1n) is 10.5. The molecule has 2 heterocycles. The van der Waals surface area contributed by atoms with Crippen molar-refractivity contribution in [1.29, 1.82) is 0 Å². The number of ether oxygens (including phenoxy) is 2. The quantitative estimate of drug-likeness (QED) is 0.401. The number of nitrogens with zero attached hydrogens (tertiary/aromatic N) is 1. The Morgan fingerprint density at radius 3 is 2.64 bits per heavy atom. The number of carbonyl (C=O) groups is 2. The normalized spacial score (nSPS) is 15.0. The lowest BCUT2D eigenvalue weighted by atomic mass is 10.1. The molecular formula is C23H23ClN2O6S. The standard InChI is InChI=1S/C23H23ClN2O6S/c1-2-15-4-3-5-17-19(13-25-22(15)17)21(27)14-32-23(28)18-12-16(6-7-20(18)24)33(29,30)26-8-10-31-11-9-26/h3-7,12-13,25H,2,8-11,14H2,1H3. The molecule has 0 aliphatic carbocycles. The predicted molar refractivity (Wildman–Crippen MR) is 123 cm³/mol. The van der Waals surface area contributed by atoms with E-state index in [1.165, 1.54) is 22.5 Å². The number of H-pyrrole nitrogens is 1. The number of hydrogen-bond donors (Lipinski definition) is 1. The van der Waals surface area contributed by atoms with E-state index in [-0.39, 0.29) is 34.4 Å². The average molecular weight is 491 g/mol. The minimum Gasteiger partial charge on any atom is -0.454 e. The molecule has 3 aromatic rings. The lowest BCUT2D eigenvalue weighted by Gasteiger charge is -2.26. The number of hydrogen-bond acceptors (Lipinski definition) is 6. The van der Waals surface area contributed by atoms with Crippen LogP contribution < -0.4 is 0 Å². The number of para-hydroxylation sites is 1. The second kappa shape index (κ2) is 9.64. The number of sulfonamides is 1. The van der Waals surface area contributed by atoms with Gasteiger partial charge in [0, 0.05) is 35.8 Å². The third kappa shape index (κ3) is 4.67. The van der Waals surface area contributed by atoms with Crippen molar-refractivity contribution in [2.24, 2.45) is 0 Å². The summed E-state index contributed by atoms with van der Waals surface area (Å²) in [6, 6.07) is 9.53. The van der Waals surface area contributed by atoms with Gasteiger partial charge in [-0.15, -0.1) is 0 Å². The number of carbonyl (C=O) groups excluding carboxylic acids is 2. The number of rotatable bonds is 7. The summed E-state index contributed by atoms with van der Waals surface area (Å²) in [5, 5.41) is 0.792. The van der Waals surface area contributed by atoms with Gasteiger partial charge in [-0.05, 0) is 30.2 Å². The van der Waals surface area contributed by atoms with Crippen molar-refractivity contribution in [3.63, 3.8) is 0 Å². The Balaban J connectivity index is 1.51. The van der Waals surface area contributed by atoms with Gasteiger partial charge in [0.15, 0.2) is 6.61 Å². The monoisotopic (exact) mass is 490 g/mol. The van der Waals surface area contributed by atoms with Gasteiger partial charge >= 0.3 is 5.97 Å². The molecule has 1 fully saturated rings. The number of aryl methyl sites for hydroxylation is 1. The van der Waals surface area contributed by atoms with Crippen LogP contribution in [0.3, 0.4) is 0 Å². The van der Waals surface area contributed by atoms with Crippen LogP contribution in [0.5, 0.6) is 0 Å². The topological polar surface area (TPSA) is 106 Å². The van der Waals surface area contributed by atoms with Crippen molar-refractivity contribution in [2.45, 2.75) is 18.2 Å². The van der Waals surface area contributed by atoms with Crippen LogP contribution in [0.4, 0.5) is 0 Å². The molecule has 4 rings (SSSR count). The lowest BCUT2D eigenvalue weighted by molar-refractivity contribution is 0.0475. The fourth-order valence-corrected chi connectivity index (χ4v) is 5.42. The third-order valence-corrected chi connectivity index (χ3v) is 7.81. The summed E-state index contributed by atoms with van der Waals surface area (Å²) in [4.78, 5) is 28.4. The maximum Gasteiger partial charge on any atom is 0.340 e. The van der Waals surface area contributed by atoms with Gasteiger partial charge in [0.1, 0.15) is 0 Å². The number of ketones is 1. The van der Waals surface area contributed by atoms with E-state index in [4.69, 9.17) is 21.1 Å². The van der Waals surface area contributed by atoms with Crippen LogP contribution in [0.25, 0.3) is 10.9 Å². The molecule has 1 N–H and O–H groups in total. The van der Waals surface area contributed by atoms with Gasteiger partial charge in [-0.25, -0.2) is 13.2 Å². The van der Waals surface area contributed by atoms with Gasteiger partial charge in [0.05, 0.1) is 28.7 Å². The number of benzene rings is 2. The SMILES string of the molecule is CCc1cccc2c(C(=O)COC(=O)c3cc(S(=O)(=O)N4CCOCC4)ccc3Cl)c[nH]c12. The van der Waals surface area contributed by atoms with Crippen LogP contribution in [0.15, 0.2) is 47.5 Å². The zero-order valence-corrected chi connectivity index (χ0v) is 19.5. The van der Waals surface area contributed by atoms with Gasteiger partial charge in [0.25, 0.3) is 0 Å². The zero-order valence-electron chi connectivity index (χ0n) is 18.0. The van der Waals surface area contributed by atoms with Gasteiger partial charge in [-0.1, -0.05) is 36.7 Å². The second-order valence-corrected chi connectivity index (χ2v) is 9.90. The summed E-state index contributed by atoms with van der Waals surface area (Å²) in [7, 11) is -3.82. The van der Waals surface area contributed by atoms with E-state index in [2.05, 4.69) is 4.98 Å². The largest absolute Gasteiger partial charge is 0.454 e. The van der Waals surface area contributed by atoms with Crippen molar-refractivity contribution in [2.75, 3.05) is 32.9 Å². The molecule has 0 amide bonds. The summed E-state index contributed by atoms with van der Waals surface area (Å²) >= 11 is 6.13. The predicted octanol–water partition coefficient (Wildman–Crippen LogP) is 3.44. The highest BCUT2D eigenvalue weighted by molar-refractivity contribution is 7.89. The van der Waals surface area contributed by atoms with Crippen molar-refractivity contribution in [1.82, 2.24) is 9.29 Å². The van der Waals surface area contributed by atoms with E-state index in [0.29, 0.717) is 18.8 Å². The summed E-state index contributed by atoms with van der Waals surface area (Å²) in [6.07, 6.45) is 2.41. The fraction of sp³-hybridized carbons (Fsp3) is 0.304. The molecule has 1 aliphatic rings. The van der Waals surface area contributed by atoms with Crippen LogP contribution >= 0.6 is 11.6 Å². The van der Waals surface area contributed by atoms with Gasteiger partial charge in [-0.3, -0.25) is 4.79 Å². The van der Waals surface area contributed by atoms with E-state index in [0.717, 1.165) is 22.9 Å². The fourth-order valence-electron chi connectivity index (χ4n) is 3.79. The average Bonchev–Trinajstić information content (AvgIpc) is 3.27. The number of halogens is 1. The zero-order chi connectivity index (χ0) is 23.6.